The van der Waals surface area contributed by atoms with E-state index in [9.17, 15) is 14.9 Å². The lowest BCUT2D eigenvalue weighted by molar-refractivity contribution is 0.00983. The first-order chi connectivity index (χ1) is 14.6. The molecule has 0 aromatic carbocycles. The van der Waals surface area contributed by atoms with Crippen LogP contribution in [0.2, 0.25) is 0 Å². The Balaban J connectivity index is 2.06. The summed E-state index contributed by atoms with van der Waals surface area (Å²) in [4.78, 5) is 38.1. The zero-order valence-corrected chi connectivity index (χ0v) is 19.0. The first-order valence-electron chi connectivity index (χ1n) is 10.6. The summed E-state index contributed by atoms with van der Waals surface area (Å²) >= 11 is 0. The molecular weight excluding hydrogens is 396 g/mol. The van der Waals surface area contributed by atoms with Gasteiger partial charge in [0.2, 0.25) is 0 Å². The van der Waals surface area contributed by atoms with Crippen molar-refractivity contribution in [2.24, 2.45) is 7.05 Å². The van der Waals surface area contributed by atoms with Crippen molar-refractivity contribution in [1.82, 2.24) is 19.4 Å². The number of amides is 1. The molecule has 0 unspecified atom stereocenters. The average molecular weight is 427 g/mol. The smallest absolute Gasteiger partial charge is 0.410 e. The number of aromatic nitrogens is 3. The van der Waals surface area contributed by atoms with Crippen molar-refractivity contribution in [3.8, 4) is 6.07 Å². The SMILES string of the molecule is CC[C@@H]1CN(c2nc(=O)n(C)c3ccc(C#N)nc23)[C@@H](CC)CN1C(=O)OC(C)(C)C. The number of fused-ring (bicyclic) bond motifs is 1. The number of aryl methyl sites for hydroxylation is 1. The monoisotopic (exact) mass is 426 g/mol. The molecule has 2 aromatic rings. The van der Waals surface area contributed by atoms with E-state index in [1.165, 1.54) is 4.57 Å². The Morgan fingerprint density at radius 3 is 2.45 bits per heavy atom. The van der Waals surface area contributed by atoms with Crippen LogP contribution in [0.5, 0.6) is 0 Å². The molecule has 0 N–H and O–H groups in total. The van der Waals surface area contributed by atoms with E-state index < -0.39 is 5.60 Å². The Labute approximate surface area is 182 Å². The van der Waals surface area contributed by atoms with Gasteiger partial charge in [-0.2, -0.15) is 10.2 Å². The fourth-order valence-corrected chi connectivity index (χ4v) is 3.92. The molecule has 166 valence electrons. The van der Waals surface area contributed by atoms with Gasteiger partial charge >= 0.3 is 11.8 Å². The van der Waals surface area contributed by atoms with Gasteiger partial charge in [0, 0.05) is 26.2 Å². The molecule has 0 saturated carbocycles. The van der Waals surface area contributed by atoms with E-state index >= 15 is 0 Å². The number of carbonyl (C=O) groups is 1. The van der Waals surface area contributed by atoms with Crippen LogP contribution in [0.25, 0.3) is 11.0 Å². The summed E-state index contributed by atoms with van der Waals surface area (Å²) in [7, 11) is 1.64. The number of hydrogen-bond donors (Lipinski definition) is 0. The molecule has 3 heterocycles. The van der Waals surface area contributed by atoms with Gasteiger partial charge in [0.05, 0.1) is 11.6 Å². The predicted octanol–water partition coefficient (Wildman–Crippen LogP) is 2.81. The lowest BCUT2D eigenvalue weighted by Gasteiger charge is -2.46. The summed E-state index contributed by atoms with van der Waals surface area (Å²) in [5.74, 6) is 0.462. The van der Waals surface area contributed by atoms with Crippen LogP contribution >= 0.6 is 0 Å². The first kappa shape index (κ1) is 22.5. The molecule has 3 rings (SSSR count). The van der Waals surface area contributed by atoms with Crippen molar-refractivity contribution >= 4 is 22.9 Å². The highest BCUT2D eigenvalue weighted by atomic mass is 16.6. The molecule has 0 bridgehead atoms. The van der Waals surface area contributed by atoms with Gasteiger partial charge in [-0.25, -0.2) is 14.6 Å². The Morgan fingerprint density at radius 2 is 1.87 bits per heavy atom. The van der Waals surface area contributed by atoms with Crippen molar-refractivity contribution < 1.29 is 9.53 Å². The van der Waals surface area contributed by atoms with Crippen LogP contribution in [0, 0.1) is 11.3 Å². The minimum absolute atomic E-state index is 0.0642. The van der Waals surface area contributed by atoms with Crippen LogP contribution in [0.1, 0.15) is 53.2 Å². The fraction of sp³-hybridized carbons (Fsp3) is 0.591. The number of piperazine rings is 1. The second-order valence-electron chi connectivity index (χ2n) is 8.86. The highest BCUT2D eigenvalue weighted by Gasteiger charge is 2.38. The maximum Gasteiger partial charge on any atom is 0.410 e. The van der Waals surface area contributed by atoms with Gasteiger partial charge in [0.1, 0.15) is 22.9 Å². The third-order valence-electron chi connectivity index (χ3n) is 5.59. The minimum Gasteiger partial charge on any atom is -0.444 e. The number of ether oxygens (including phenoxy) is 1. The first-order valence-corrected chi connectivity index (χ1v) is 10.6. The van der Waals surface area contributed by atoms with E-state index in [4.69, 9.17) is 4.74 Å². The van der Waals surface area contributed by atoms with Crippen LogP contribution < -0.4 is 10.6 Å². The molecule has 9 heteroatoms. The summed E-state index contributed by atoms with van der Waals surface area (Å²) in [5, 5.41) is 9.32. The molecule has 9 nitrogen and oxygen atoms in total. The Kier molecular flexibility index (Phi) is 6.20. The second-order valence-corrected chi connectivity index (χ2v) is 8.86. The van der Waals surface area contributed by atoms with Crippen molar-refractivity contribution in [3.05, 3.63) is 28.3 Å². The summed E-state index contributed by atoms with van der Waals surface area (Å²) in [6.07, 6.45) is 1.14. The Morgan fingerprint density at radius 1 is 1.19 bits per heavy atom. The maximum absolute atomic E-state index is 12.9. The van der Waals surface area contributed by atoms with E-state index in [1.807, 2.05) is 34.6 Å². The van der Waals surface area contributed by atoms with Crippen molar-refractivity contribution in [3.63, 3.8) is 0 Å². The third kappa shape index (κ3) is 4.48. The molecule has 1 aliphatic heterocycles. The van der Waals surface area contributed by atoms with Crippen LogP contribution in [-0.4, -0.2) is 56.3 Å². The molecule has 1 fully saturated rings. The summed E-state index contributed by atoms with van der Waals surface area (Å²) in [6.45, 7) is 10.6. The molecular formula is C22H30N6O3. The molecule has 2 aromatic heterocycles. The topological polar surface area (TPSA) is 104 Å². The van der Waals surface area contributed by atoms with Gasteiger partial charge in [-0.3, -0.25) is 4.57 Å². The van der Waals surface area contributed by atoms with E-state index in [0.29, 0.717) is 29.9 Å². The van der Waals surface area contributed by atoms with Crippen molar-refractivity contribution in [1.29, 1.82) is 5.26 Å². The maximum atomic E-state index is 12.9. The van der Waals surface area contributed by atoms with Crippen LogP contribution in [0.4, 0.5) is 10.6 Å². The largest absolute Gasteiger partial charge is 0.444 e. The summed E-state index contributed by atoms with van der Waals surface area (Å²) in [6, 6.07) is 5.21. The predicted molar refractivity (Wildman–Crippen MR) is 118 cm³/mol. The van der Waals surface area contributed by atoms with Gasteiger partial charge in [0.15, 0.2) is 5.82 Å². The lowest BCUT2D eigenvalue weighted by atomic mass is 10.0. The third-order valence-corrected chi connectivity index (χ3v) is 5.59. The number of rotatable bonds is 3. The van der Waals surface area contributed by atoms with E-state index in [2.05, 4.69) is 20.9 Å². The number of nitriles is 1. The average Bonchev–Trinajstić information content (AvgIpc) is 2.73. The van der Waals surface area contributed by atoms with Gasteiger partial charge < -0.3 is 14.5 Å². The normalized spacial score (nSPS) is 19.4. The second kappa shape index (κ2) is 8.53. The van der Waals surface area contributed by atoms with E-state index in [-0.39, 0.29) is 29.6 Å². The molecule has 2 atom stereocenters. The van der Waals surface area contributed by atoms with Crippen LogP contribution in [0.15, 0.2) is 16.9 Å². The van der Waals surface area contributed by atoms with Gasteiger partial charge in [-0.15, -0.1) is 0 Å². The zero-order valence-electron chi connectivity index (χ0n) is 19.0. The van der Waals surface area contributed by atoms with Crippen LogP contribution in [-0.2, 0) is 11.8 Å². The number of hydrogen-bond acceptors (Lipinski definition) is 7. The number of carbonyl (C=O) groups excluding carboxylic acids is 1. The molecule has 0 spiro atoms. The molecule has 0 aliphatic carbocycles. The summed E-state index contributed by atoms with van der Waals surface area (Å²) < 4.78 is 7.06. The quantitative estimate of drug-likeness (QED) is 0.743. The van der Waals surface area contributed by atoms with Crippen molar-refractivity contribution in [2.45, 2.75) is 65.1 Å². The molecule has 0 radical (unpaired) electrons. The molecule has 31 heavy (non-hydrogen) atoms. The summed E-state index contributed by atoms with van der Waals surface area (Å²) in [5.41, 5.74) is 0.440. The number of nitrogens with zero attached hydrogens (tertiary/aromatic N) is 6. The minimum atomic E-state index is -0.574. The van der Waals surface area contributed by atoms with E-state index in [0.717, 1.165) is 12.8 Å². The van der Waals surface area contributed by atoms with Crippen molar-refractivity contribution in [2.75, 3.05) is 18.0 Å². The molecule has 1 saturated heterocycles. The highest BCUT2D eigenvalue weighted by Crippen LogP contribution is 2.29. The molecule has 1 amide bonds. The van der Waals surface area contributed by atoms with Gasteiger partial charge in [0.25, 0.3) is 0 Å². The highest BCUT2D eigenvalue weighted by molar-refractivity contribution is 5.86. The lowest BCUT2D eigenvalue weighted by Crippen LogP contribution is -2.60. The van der Waals surface area contributed by atoms with E-state index in [1.54, 1.807) is 24.1 Å². The zero-order chi connectivity index (χ0) is 22.9. The van der Waals surface area contributed by atoms with Crippen LogP contribution in [0.3, 0.4) is 0 Å². The standard InChI is InChI=1S/C22H30N6O3/c1-7-15-13-28(21(30)31-22(3,4)5)16(8-2)12-27(15)19-18-17(26(6)20(29)25-19)10-9-14(11-23)24-18/h9-10,15-16H,7-8,12-13H2,1-6H3/t15-,16+/m0/s1. The van der Waals surface area contributed by atoms with Gasteiger partial charge in [-0.1, -0.05) is 13.8 Å². The number of pyridine rings is 1. The molecule has 1 aliphatic rings. The Bertz CT molecular complexity index is 1080. The fourth-order valence-electron chi connectivity index (χ4n) is 3.92. The van der Waals surface area contributed by atoms with Gasteiger partial charge in [-0.05, 0) is 45.7 Å². The Hall–Kier alpha value is -3.15. The number of anilines is 1.